The van der Waals surface area contributed by atoms with Gasteiger partial charge in [-0.2, -0.15) is 0 Å². The molecule has 3 aliphatic rings. The number of piperazine rings is 1. The van der Waals surface area contributed by atoms with Gasteiger partial charge in [0, 0.05) is 54.0 Å². The van der Waals surface area contributed by atoms with E-state index in [4.69, 9.17) is 26.1 Å². The lowest BCUT2D eigenvalue weighted by Gasteiger charge is -2.38. The van der Waals surface area contributed by atoms with Crippen molar-refractivity contribution in [2.24, 2.45) is 4.99 Å². The predicted octanol–water partition coefficient (Wildman–Crippen LogP) is 4.97. The number of carbonyl (C=O) groups excluding carboxylic acids is 2. The fourth-order valence-corrected chi connectivity index (χ4v) is 7.08. The number of aromatic carboxylic acids is 1. The first-order valence-electron chi connectivity index (χ1n) is 15.5. The summed E-state index contributed by atoms with van der Waals surface area (Å²) in [7, 11) is 1.29. The van der Waals surface area contributed by atoms with Crippen LogP contribution >= 0.6 is 22.9 Å². The number of rotatable bonds is 9. The average Bonchev–Trinajstić information content (AvgIpc) is 3.77. The van der Waals surface area contributed by atoms with Crippen molar-refractivity contribution >= 4 is 52.6 Å². The Morgan fingerprint density at radius 1 is 1.10 bits per heavy atom. The Kier molecular flexibility index (Phi) is 9.18. The van der Waals surface area contributed by atoms with Crippen LogP contribution < -0.4 is 15.0 Å². The van der Waals surface area contributed by atoms with Gasteiger partial charge in [0.2, 0.25) is 0 Å². The van der Waals surface area contributed by atoms with E-state index in [9.17, 15) is 23.9 Å². The number of aliphatic imine (C=N–C) groups is 1. The first-order chi connectivity index (χ1) is 24.2. The maximum absolute atomic E-state index is 14.0. The number of carbonyl (C=O) groups is 3. The maximum Gasteiger partial charge on any atom is 0.338 e. The molecule has 0 bridgehead atoms. The van der Waals surface area contributed by atoms with Crippen molar-refractivity contribution in [1.29, 1.82) is 0 Å². The molecule has 3 aliphatic heterocycles. The Hall–Kier alpha value is -5.38. The van der Waals surface area contributed by atoms with E-state index in [0.29, 0.717) is 72.1 Å². The number of thiazole rings is 1. The van der Waals surface area contributed by atoms with Crippen LogP contribution in [0.25, 0.3) is 0 Å². The number of urea groups is 1. The standard InChI is InChI=1S/C34H29ClFN7O6S/c1-48-33(46)28-26(39-30(31-37-9-12-50-31)40-29(28)24-7-5-20(36)14-25(24)35)18-41-10-11-42-21(16-41)17-43(34(42)47)27-8-6-23(15-38-27)49-22-4-2-3-19(13-22)32(44)45/h2-9,12-15,21,29H,10-11,16-18H2,1H3,(H,39,40)(H,44,45)/t21-,29-/m0/s1. The number of halogens is 2. The van der Waals surface area contributed by atoms with Crippen molar-refractivity contribution in [1.82, 2.24) is 25.1 Å². The zero-order chi connectivity index (χ0) is 34.9. The highest BCUT2D eigenvalue weighted by Gasteiger charge is 2.42. The van der Waals surface area contributed by atoms with Gasteiger partial charge in [0.1, 0.15) is 29.2 Å². The van der Waals surface area contributed by atoms with Gasteiger partial charge < -0.3 is 24.8 Å². The lowest BCUT2D eigenvalue weighted by molar-refractivity contribution is -0.136. The Morgan fingerprint density at radius 2 is 1.96 bits per heavy atom. The number of hydrogen-bond acceptors (Lipinski definition) is 11. The normalized spacial score (nSPS) is 19.2. The van der Waals surface area contributed by atoms with Crippen LogP contribution in [0.4, 0.5) is 15.0 Å². The molecule has 13 nitrogen and oxygen atoms in total. The number of carboxylic acid groups (broad SMARTS) is 1. The van der Waals surface area contributed by atoms with Crippen molar-refractivity contribution in [2.45, 2.75) is 12.1 Å². The third kappa shape index (κ3) is 6.62. The van der Waals surface area contributed by atoms with Crippen molar-refractivity contribution in [3.63, 3.8) is 0 Å². The fraction of sp³-hybridized carbons (Fsp3) is 0.235. The second-order valence-electron chi connectivity index (χ2n) is 11.7. The summed E-state index contributed by atoms with van der Waals surface area (Å²) in [4.78, 5) is 57.3. The molecular weight excluding hydrogens is 689 g/mol. The predicted molar refractivity (Wildman–Crippen MR) is 182 cm³/mol. The van der Waals surface area contributed by atoms with Crippen LogP contribution in [0.3, 0.4) is 0 Å². The van der Waals surface area contributed by atoms with Crippen LogP contribution in [-0.4, -0.2) is 94.6 Å². The van der Waals surface area contributed by atoms with Crippen molar-refractivity contribution in [2.75, 3.05) is 44.7 Å². The Bertz CT molecular complexity index is 2030. The van der Waals surface area contributed by atoms with Gasteiger partial charge in [-0.3, -0.25) is 14.8 Å². The molecule has 2 N–H and O–H groups in total. The van der Waals surface area contributed by atoms with E-state index in [1.54, 1.807) is 35.4 Å². The minimum Gasteiger partial charge on any atom is -0.478 e. The maximum atomic E-state index is 14.0. The number of fused-ring (bicyclic) bond motifs is 1. The summed E-state index contributed by atoms with van der Waals surface area (Å²) in [6.07, 6.45) is 3.14. The van der Waals surface area contributed by atoms with E-state index in [0.717, 1.165) is 0 Å². The summed E-state index contributed by atoms with van der Waals surface area (Å²) < 4.78 is 25.0. The molecule has 7 rings (SSSR count). The number of hydrogen-bond donors (Lipinski definition) is 2. The average molecular weight is 718 g/mol. The molecule has 2 atom stereocenters. The zero-order valence-electron chi connectivity index (χ0n) is 26.5. The number of methoxy groups -OCH3 is 1. The van der Waals surface area contributed by atoms with Crippen LogP contribution in [0.15, 0.2) is 88.6 Å². The number of aromatic nitrogens is 2. The molecule has 0 radical (unpaired) electrons. The van der Waals surface area contributed by atoms with Gasteiger partial charge in [0.15, 0.2) is 10.8 Å². The number of carboxylic acids is 1. The summed E-state index contributed by atoms with van der Waals surface area (Å²) in [5.74, 6) is -0.533. The van der Waals surface area contributed by atoms with Gasteiger partial charge in [-0.15, -0.1) is 11.3 Å². The van der Waals surface area contributed by atoms with E-state index in [1.165, 1.54) is 55.0 Å². The quantitative estimate of drug-likeness (QED) is 0.228. The van der Waals surface area contributed by atoms with Gasteiger partial charge in [-0.25, -0.2) is 28.7 Å². The molecule has 4 aromatic rings. The molecule has 2 amide bonds. The van der Waals surface area contributed by atoms with E-state index in [1.807, 2.05) is 10.3 Å². The minimum absolute atomic E-state index is 0.0997. The Labute approximate surface area is 294 Å². The monoisotopic (exact) mass is 717 g/mol. The zero-order valence-corrected chi connectivity index (χ0v) is 28.0. The molecule has 0 saturated carbocycles. The van der Waals surface area contributed by atoms with Crippen LogP contribution in [0.5, 0.6) is 11.5 Å². The molecule has 0 unspecified atom stereocenters. The molecule has 50 heavy (non-hydrogen) atoms. The summed E-state index contributed by atoms with van der Waals surface area (Å²) in [5, 5.41) is 15.1. The third-order valence-corrected chi connectivity index (χ3v) is 9.66. The molecule has 256 valence electrons. The molecular formula is C34H29ClFN7O6S. The van der Waals surface area contributed by atoms with Crippen molar-refractivity contribution in [3.8, 4) is 11.5 Å². The summed E-state index contributed by atoms with van der Waals surface area (Å²) in [6.45, 7) is 2.17. The number of esters is 1. The first kappa shape index (κ1) is 33.1. The van der Waals surface area contributed by atoms with Crippen LogP contribution in [0.2, 0.25) is 5.02 Å². The molecule has 0 spiro atoms. The number of pyridine rings is 1. The smallest absolute Gasteiger partial charge is 0.338 e. The number of nitrogens with one attached hydrogen (secondary N) is 1. The molecule has 2 aromatic carbocycles. The van der Waals surface area contributed by atoms with Gasteiger partial charge >= 0.3 is 18.0 Å². The number of benzene rings is 2. The Balaban J connectivity index is 1.09. The topological polar surface area (TPSA) is 150 Å². The second-order valence-corrected chi connectivity index (χ2v) is 13.0. The van der Waals surface area contributed by atoms with Crippen molar-refractivity contribution in [3.05, 3.63) is 111 Å². The van der Waals surface area contributed by atoms with Crippen molar-refractivity contribution < 1.29 is 33.4 Å². The number of amidine groups is 1. The molecule has 16 heteroatoms. The van der Waals surface area contributed by atoms with Gasteiger partial charge in [-0.05, 0) is 42.5 Å². The highest BCUT2D eigenvalue weighted by Crippen LogP contribution is 2.37. The largest absolute Gasteiger partial charge is 0.478 e. The first-order valence-corrected chi connectivity index (χ1v) is 16.7. The third-order valence-electron chi connectivity index (χ3n) is 8.56. The summed E-state index contributed by atoms with van der Waals surface area (Å²) in [5.41, 5.74) is 1.33. The molecule has 2 aromatic heterocycles. The highest BCUT2D eigenvalue weighted by molar-refractivity contribution is 7.11. The fourth-order valence-electron chi connectivity index (χ4n) is 6.22. The van der Waals surface area contributed by atoms with Crippen LogP contribution in [0.1, 0.15) is 27.0 Å². The molecule has 0 aliphatic carbocycles. The van der Waals surface area contributed by atoms with E-state index in [-0.39, 0.29) is 28.2 Å². The summed E-state index contributed by atoms with van der Waals surface area (Å²) in [6, 6.07) is 12.2. The summed E-state index contributed by atoms with van der Waals surface area (Å²) >= 11 is 7.86. The number of nitrogens with zero attached hydrogens (tertiary/aromatic N) is 6. The van der Waals surface area contributed by atoms with E-state index < -0.39 is 23.8 Å². The number of anilines is 1. The molecule has 2 fully saturated rings. The van der Waals surface area contributed by atoms with Crippen LogP contribution in [0, 0.1) is 5.82 Å². The lowest BCUT2D eigenvalue weighted by Crippen LogP contribution is -2.53. The minimum atomic E-state index is -1.06. The van der Waals surface area contributed by atoms with Gasteiger partial charge in [0.25, 0.3) is 0 Å². The Morgan fingerprint density at radius 3 is 2.68 bits per heavy atom. The molecule has 2 saturated heterocycles. The lowest BCUT2D eigenvalue weighted by atomic mass is 9.95. The van der Waals surface area contributed by atoms with Gasteiger partial charge in [0.05, 0.1) is 37.0 Å². The number of amides is 2. The highest BCUT2D eigenvalue weighted by atomic mass is 35.5. The number of ether oxygens (including phenoxy) is 2. The van der Waals surface area contributed by atoms with Crippen LogP contribution in [-0.2, 0) is 9.53 Å². The van der Waals surface area contributed by atoms with E-state index >= 15 is 0 Å². The van der Waals surface area contributed by atoms with E-state index in [2.05, 4.69) is 20.2 Å². The molecule has 5 heterocycles. The van der Waals surface area contributed by atoms with Gasteiger partial charge in [-0.1, -0.05) is 23.7 Å². The second kappa shape index (κ2) is 13.9. The SMILES string of the molecule is COC(=O)C1=C(CN2CCN3C(=O)N(c4ccc(Oc5cccc(C(=O)O)c5)cn4)C[C@@H]3C2)NC(c2nccs2)=N[C@H]1c1ccc(F)cc1Cl.